The van der Waals surface area contributed by atoms with E-state index in [9.17, 15) is 4.79 Å². The number of nitrogens with zero attached hydrogens (tertiary/aromatic N) is 2. The second kappa shape index (κ2) is 11.2. The van der Waals surface area contributed by atoms with E-state index in [0.717, 1.165) is 42.8 Å². The molecule has 166 valence electrons. The first kappa shape index (κ1) is 22.4. The zero-order valence-electron chi connectivity index (χ0n) is 18.0. The summed E-state index contributed by atoms with van der Waals surface area (Å²) in [5.74, 6) is 0.553. The van der Waals surface area contributed by atoms with Crippen LogP contribution in [-0.2, 0) is 17.9 Å². The van der Waals surface area contributed by atoms with E-state index in [0.29, 0.717) is 12.3 Å². The van der Waals surface area contributed by atoms with Crippen molar-refractivity contribution in [3.05, 3.63) is 94.5 Å². The number of piperazine rings is 1. The number of benzene rings is 3. The van der Waals surface area contributed by atoms with Crippen molar-refractivity contribution in [1.82, 2.24) is 10.2 Å². The van der Waals surface area contributed by atoms with Gasteiger partial charge in [0, 0.05) is 49.4 Å². The molecule has 6 heteroatoms. The summed E-state index contributed by atoms with van der Waals surface area (Å²) in [5, 5.41) is 2.99. The Morgan fingerprint density at radius 1 is 0.844 bits per heavy atom. The lowest BCUT2D eigenvalue weighted by Crippen LogP contribution is -2.46. The summed E-state index contributed by atoms with van der Waals surface area (Å²) >= 11 is 3.39. The van der Waals surface area contributed by atoms with Crippen LogP contribution in [0.2, 0.25) is 0 Å². The predicted molar refractivity (Wildman–Crippen MR) is 132 cm³/mol. The monoisotopic (exact) mass is 493 g/mol. The van der Waals surface area contributed by atoms with Crippen LogP contribution in [0.25, 0.3) is 0 Å². The number of para-hydroxylation sites is 1. The number of amides is 1. The maximum atomic E-state index is 12.3. The van der Waals surface area contributed by atoms with E-state index in [-0.39, 0.29) is 12.5 Å². The summed E-state index contributed by atoms with van der Waals surface area (Å²) < 4.78 is 6.54. The van der Waals surface area contributed by atoms with Gasteiger partial charge >= 0.3 is 0 Å². The van der Waals surface area contributed by atoms with Crippen LogP contribution in [0.5, 0.6) is 5.75 Å². The summed E-state index contributed by atoms with van der Waals surface area (Å²) in [7, 11) is 0. The maximum Gasteiger partial charge on any atom is 0.258 e. The van der Waals surface area contributed by atoms with E-state index in [1.807, 2.05) is 30.3 Å². The lowest BCUT2D eigenvalue weighted by Gasteiger charge is -2.36. The van der Waals surface area contributed by atoms with Gasteiger partial charge in [0.25, 0.3) is 5.91 Å². The van der Waals surface area contributed by atoms with Crippen molar-refractivity contribution < 1.29 is 9.53 Å². The highest BCUT2D eigenvalue weighted by Crippen LogP contribution is 2.18. The van der Waals surface area contributed by atoms with Crippen molar-refractivity contribution in [1.29, 1.82) is 0 Å². The van der Waals surface area contributed by atoms with Crippen molar-refractivity contribution in [2.24, 2.45) is 0 Å². The van der Waals surface area contributed by atoms with E-state index in [1.165, 1.54) is 11.3 Å². The highest BCUT2D eigenvalue weighted by molar-refractivity contribution is 9.10. The van der Waals surface area contributed by atoms with Gasteiger partial charge < -0.3 is 15.0 Å². The Balaban J connectivity index is 1.25. The number of ether oxygens (including phenoxy) is 1. The Labute approximate surface area is 198 Å². The quantitative estimate of drug-likeness (QED) is 0.502. The van der Waals surface area contributed by atoms with Gasteiger partial charge in [0.05, 0.1) is 0 Å². The van der Waals surface area contributed by atoms with Crippen LogP contribution >= 0.6 is 15.9 Å². The van der Waals surface area contributed by atoms with Crippen LogP contribution in [0.3, 0.4) is 0 Å². The van der Waals surface area contributed by atoms with Gasteiger partial charge in [-0.15, -0.1) is 0 Å². The smallest absolute Gasteiger partial charge is 0.258 e. The molecule has 0 saturated carbocycles. The van der Waals surface area contributed by atoms with Gasteiger partial charge in [-0.1, -0.05) is 58.4 Å². The average Bonchev–Trinajstić information content (AvgIpc) is 2.84. The SMILES string of the molecule is O=C(COc1ccc(Br)cc1)NCc1ccccc1CN1CCN(c2ccccc2)CC1. The molecule has 1 N–H and O–H groups in total. The van der Waals surface area contributed by atoms with Crippen LogP contribution in [0, 0.1) is 0 Å². The fourth-order valence-corrected chi connectivity index (χ4v) is 4.12. The summed E-state index contributed by atoms with van der Waals surface area (Å²) in [6, 6.07) is 26.4. The van der Waals surface area contributed by atoms with Crippen LogP contribution in [0.15, 0.2) is 83.3 Å². The number of anilines is 1. The largest absolute Gasteiger partial charge is 0.484 e. The third kappa shape index (κ3) is 6.34. The Morgan fingerprint density at radius 3 is 2.22 bits per heavy atom. The van der Waals surface area contributed by atoms with Crippen LogP contribution in [0.4, 0.5) is 5.69 Å². The number of halogens is 1. The second-order valence-corrected chi connectivity index (χ2v) is 8.80. The molecule has 3 aromatic rings. The van der Waals surface area contributed by atoms with Crippen molar-refractivity contribution >= 4 is 27.5 Å². The highest BCUT2D eigenvalue weighted by Gasteiger charge is 2.18. The number of nitrogens with one attached hydrogen (secondary N) is 1. The van der Waals surface area contributed by atoms with E-state index in [4.69, 9.17) is 4.74 Å². The van der Waals surface area contributed by atoms with Gasteiger partial charge in [-0.3, -0.25) is 9.69 Å². The molecule has 0 spiro atoms. The molecule has 0 bridgehead atoms. The van der Waals surface area contributed by atoms with Crippen molar-refractivity contribution in [2.75, 3.05) is 37.7 Å². The summed E-state index contributed by atoms with van der Waals surface area (Å²) in [6.45, 7) is 5.50. The first-order valence-corrected chi connectivity index (χ1v) is 11.7. The molecular weight excluding hydrogens is 466 g/mol. The van der Waals surface area contributed by atoms with Crippen LogP contribution in [0.1, 0.15) is 11.1 Å². The molecular formula is C26H28BrN3O2. The first-order valence-electron chi connectivity index (χ1n) is 10.9. The fourth-order valence-electron chi connectivity index (χ4n) is 3.85. The normalized spacial score (nSPS) is 14.2. The molecule has 0 unspecified atom stereocenters. The van der Waals surface area contributed by atoms with E-state index < -0.39 is 0 Å². The Kier molecular flexibility index (Phi) is 7.80. The Hall–Kier alpha value is -2.83. The molecule has 0 aromatic heterocycles. The molecule has 0 radical (unpaired) electrons. The van der Waals surface area contributed by atoms with E-state index in [2.05, 4.69) is 79.6 Å². The van der Waals surface area contributed by atoms with Gasteiger partial charge in [0.1, 0.15) is 5.75 Å². The predicted octanol–water partition coefficient (Wildman–Crippen LogP) is 4.47. The van der Waals surface area contributed by atoms with Gasteiger partial charge in [-0.05, 0) is 47.5 Å². The van der Waals surface area contributed by atoms with E-state index >= 15 is 0 Å². The lowest BCUT2D eigenvalue weighted by atomic mass is 10.1. The number of carbonyl (C=O) groups is 1. The topological polar surface area (TPSA) is 44.8 Å². The average molecular weight is 494 g/mol. The highest BCUT2D eigenvalue weighted by atomic mass is 79.9. The molecule has 1 fully saturated rings. The molecule has 1 saturated heterocycles. The minimum absolute atomic E-state index is 0.00520. The molecule has 0 atom stereocenters. The Bertz CT molecular complexity index is 1000. The zero-order valence-corrected chi connectivity index (χ0v) is 19.6. The van der Waals surface area contributed by atoms with Gasteiger partial charge in [0.15, 0.2) is 6.61 Å². The molecule has 3 aromatic carbocycles. The maximum absolute atomic E-state index is 12.3. The summed E-state index contributed by atoms with van der Waals surface area (Å²) in [6.07, 6.45) is 0. The zero-order chi connectivity index (χ0) is 22.2. The number of hydrogen-bond donors (Lipinski definition) is 1. The Morgan fingerprint density at radius 2 is 1.50 bits per heavy atom. The van der Waals surface area contributed by atoms with Crippen molar-refractivity contribution in [3.63, 3.8) is 0 Å². The number of carbonyl (C=O) groups excluding carboxylic acids is 1. The van der Waals surface area contributed by atoms with Gasteiger partial charge in [-0.2, -0.15) is 0 Å². The minimum Gasteiger partial charge on any atom is -0.484 e. The molecule has 1 aliphatic rings. The second-order valence-electron chi connectivity index (χ2n) is 7.89. The third-order valence-corrected chi connectivity index (χ3v) is 6.19. The summed E-state index contributed by atoms with van der Waals surface area (Å²) in [4.78, 5) is 17.2. The number of hydrogen-bond acceptors (Lipinski definition) is 4. The van der Waals surface area contributed by atoms with Gasteiger partial charge in [-0.25, -0.2) is 0 Å². The molecule has 4 rings (SSSR count). The van der Waals surface area contributed by atoms with Crippen molar-refractivity contribution in [3.8, 4) is 5.75 Å². The molecule has 1 amide bonds. The number of rotatable bonds is 8. The van der Waals surface area contributed by atoms with Crippen LogP contribution < -0.4 is 15.0 Å². The third-order valence-electron chi connectivity index (χ3n) is 5.67. The van der Waals surface area contributed by atoms with Crippen molar-refractivity contribution in [2.45, 2.75) is 13.1 Å². The molecule has 1 aliphatic heterocycles. The summed E-state index contributed by atoms with van der Waals surface area (Å²) in [5.41, 5.74) is 3.70. The minimum atomic E-state index is -0.126. The standard InChI is InChI=1S/C26H28BrN3O2/c27-23-10-12-25(13-11-23)32-20-26(31)28-18-21-6-4-5-7-22(21)19-29-14-16-30(17-15-29)24-8-2-1-3-9-24/h1-13H,14-20H2,(H,28,31). The lowest BCUT2D eigenvalue weighted by molar-refractivity contribution is -0.123. The van der Waals surface area contributed by atoms with E-state index in [1.54, 1.807) is 0 Å². The molecule has 1 heterocycles. The first-order chi connectivity index (χ1) is 15.7. The molecule has 5 nitrogen and oxygen atoms in total. The molecule has 0 aliphatic carbocycles. The fraction of sp³-hybridized carbons (Fsp3) is 0.269. The molecule has 32 heavy (non-hydrogen) atoms. The van der Waals surface area contributed by atoms with Gasteiger partial charge in [0.2, 0.25) is 0 Å². The van der Waals surface area contributed by atoms with Crippen LogP contribution in [-0.4, -0.2) is 43.6 Å².